The number of aromatic nitrogens is 2. The summed E-state index contributed by atoms with van der Waals surface area (Å²) in [6.45, 7) is 0. The number of hydrogen-bond acceptors (Lipinski definition) is 6. The molecule has 150 valence electrons. The maximum atomic E-state index is 13.5. The number of benzene rings is 3. The van der Waals surface area contributed by atoms with Gasteiger partial charge in [0.2, 0.25) is 0 Å². The number of anilines is 2. The molecular formula is C22H15ClFN3O2S. The normalized spacial score (nSPS) is 10.6. The van der Waals surface area contributed by atoms with E-state index in [9.17, 15) is 4.39 Å². The van der Waals surface area contributed by atoms with Gasteiger partial charge in [-0.3, -0.25) is 0 Å². The summed E-state index contributed by atoms with van der Waals surface area (Å²) in [6.07, 6.45) is 1.42. The molecule has 30 heavy (non-hydrogen) atoms. The highest BCUT2D eigenvalue weighted by Gasteiger charge is 2.14. The molecule has 5 nitrogen and oxygen atoms in total. The molecule has 0 spiro atoms. The molecule has 0 amide bonds. The number of methoxy groups -OCH3 is 1. The zero-order chi connectivity index (χ0) is 21.1. The Morgan fingerprint density at radius 3 is 2.57 bits per heavy atom. The van der Waals surface area contributed by atoms with Gasteiger partial charge in [0.1, 0.15) is 18.0 Å². The SMILES string of the molecule is COc1cc2ncnc(Nc3ccc(F)c(Cl)c3)c2cc1OC(=S)c1ccccc1. The number of rotatable bonds is 5. The lowest BCUT2D eigenvalue weighted by Crippen LogP contribution is -2.08. The van der Waals surface area contributed by atoms with Gasteiger partial charge in [0.15, 0.2) is 16.5 Å². The minimum absolute atomic E-state index is 0.0114. The Hall–Kier alpha value is -3.29. The third-order valence-electron chi connectivity index (χ3n) is 4.32. The Labute approximate surface area is 182 Å². The highest BCUT2D eigenvalue weighted by atomic mass is 35.5. The molecule has 1 N–H and O–H groups in total. The molecule has 4 aromatic rings. The van der Waals surface area contributed by atoms with E-state index in [1.807, 2.05) is 30.3 Å². The Kier molecular flexibility index (Phi) is 5.74. The number of ether oxygens (including phenoxy) is 2. The van der Waals surface area contributed by atoms with Crippen molar-refractivity contribution in [2.24, 2.45) is 0 Å². The van der Waals surface area contributed by atoms with Crippen LogP contribution in [0.4, 0.5) is 15.9 Å². The van der Waals surface area contributed by atoms with Crippen molar-refractivity contribution in [3.8, 4) is 11.5 Å². The molecule has 0 radical (unpaired) electrons. The number of nitrogens with zero attached hydrogens (tertiary/aromatic N) is 2. The van der Waals surface area contributed by atoms with Crippen molar-refractivity contribution >= 4 is 51.3 Å². The maximum Gasteiger partial charge on any atom is 0.198 e. The Morgan fingerprint density at radius 2 is 1.83 bits per heavy atom. The minimum atomic E-state index is -0.496. The van der Waals surface area contributed by atoms with E-state index in [-0.39, 0.29) is 5.02 Å². The van der Waals surface area contributed by atoms with Crippen LogP contribution in [0.3, 0.4) is 0 Å². The van der Waals surface area contributed by atoms with Crippen molar-refractivity contribution in [1.82, 2.24) is 9.97 Å². The summed E-state index contributed by atoms with van der Waals surface area (Å²) in [4.78, 5) is 8.60. The van der Waals surface area contributed by atoms with Crippen molar-refractivity contribution in [3.63, 3.8) is 0 Å². The third kappa shape index (κ3) is 4.17. The highest BCUT2D eigenvalue weighted by molar-refractivity contribution is 7.80. The van der Waals surface area contributed by atoms with Gasteiger partial charge in [0.25, 0.3) is 0 Å². The van der Waals surface area contributed by atoms with Gasteiger partial charge in [0, 0.05) is 22.7 Å². The molecule has 0 bridgehead atoms. The van der Waals surface area contributed by atoms with E-state index >= 15 is 0 Å². The van der Waals surface area contributed by atoms with E-state index in [1.54, 1.807) is 25.3 Å². The number of hydrogen-bond donors (Lipinski definition) is 1. The van der Waals surface area contributed by atoms with Crippen LogP contribution in [0.1, 0.15) is 5.56 Å². The first-order chi connectivity index (χ1) is 14.5. The van der Waals surface area contributed by atoms with Gasteiger partial charge in [-0.2, -0.15) is 0 Å². The van der Waals surface area contributed by atoms with Crippen LogP contribution in [0.2, 0.25) is 5.02 Å². The van der Waals surface area contributed by atoms with E-state index in [1.165, 1.54) is 18.5 Å². The summed E-state index contributed by atoms with van der Waals surface area (Å²) in [7, 11) is 1.54. The van der Waals surface area contributed by atoms with E-state index < -0.39 is 5.82 Å². The lowest BCUT2D eigenvalue weighted by Gasteiger charge is -2.14. The van der Waals surface area contributed by atoms with Gasteiger partial charge in [0.05, 0.1) is 17.6 Å². The van der Waals surface area contributed by atoms with E-state index in [0.717, 1.165) is 5.56 Å². The molecule has 4 rings (SSSR count). The van der Waals surface area contributed by atoms with Crippen molar-refractivity contribution in [1.29, 1.82) is 0 Å². The molecular weight excluding hydrogens is 425 g/mol. The summed E-state index contributed by atoms with van der Waals surface area (Å²) >= 11 is 11.3. The maximum absolute atomic E-state index is 13.5. The van der Waals surface area contributed by atoms with Crippen LogP contribution in [0.15, 0.2) is 67.0 Å². The first kappa shape index (κ1) is 20.0. The molecule has 0 aliphatic rings. The second-order valence-electron chi connectivity index (χ2n) is 6.25. The van der Waals surface area contributed by atoms with Crippen molar-refractivity contribution in [2.75, 3.05) is 12.4 Å². The molecule has 0 saturated carbocycles. The summed E-state index contributed by atoms with van der Waals surface area (Å²) < 4.78 is 24.8. The van der Waals surface area contributed by atoms with Crippen LogP contribution in [0.5, 0.6) is 11.5 Å². The number of thiocarbonyl (C=S) groups is 1. The van der Waals surface area contributed by atoms with Crippen LogP contribution < -0.4 is 14.8 Å². The molecule has 1 heterocycles. The van der Waals surface area contributed by atoms with Crippen molar-refractivity contribution in [2.45, 2.75) is 0 Å². The Balaban J connectivity index is 1.73. The first-order valence-corrected chi connectivity index (χ1v) is 9.66. The van der Waals surface area contributed by atoms with E-state index in [2.05, 4.69) is 15.3 Å². The zero-order valence-electron chi connectivity index (χ0n) is 15.7. The van der Waals surface area contributed by atoms with Gasteiger partial charge < -0.3 is 14.8 Å². The van der Waals surface area contributed by atoms with Gasteiger partial charge in [-0.25, -0.2) is 14.4 Å². The van der Waals surface area contributed by atoms with E-state index in [4.69, 9.17) is 33.3 Å². The summed E-state index contributed by atoms with van der Waals surface area (Å²) in [5.41, 5.74) is 1.99. The molecule has 3 aromatic carbocycles. The molecule has 8 heteroatoms. The second-order valence-corrected chi connectivity index (χ2v) is 7.03. The standard InChI is InChI=1S/C22H15ClFN3O2S/c1-28-19-11-18-15(10-20(19)29-22(30)13-5-3-2-4-6-13)21(26-12-25-18)27-14-7-8-17(24)16(23)9-14/h2-12H,1H3,(H,25,26,27). The number of halogens is 2. The summed E-state index contributed by atoms with van der Waals surface area (Å²) in [5, 5.41) is 4.13. The second kappa shape index (κ2) is 8.61. The quantitative estimate of drug-likeness (QED) is 0.389. The lowest BCUT2D eigenvalue weighted by molar-refractivity contribution is 0.393. The smallest absolute Gasteiger partial charge is 0.198 e. The molecule has 0 aliphatic heterocycles. The first-order valence-electron chi connectivity index (χ1n) is 8.87. The summed E-state index contributed by atoms with van der Waals surface area (Å²) in [5.74, 6) is 0.912. The molecule has 1 aromatic heterocycles. The third-order valence-corrected chi connectivity index (χ3v) is 4.92. The van der Waals surface area contributed by atoms with Gasteiger partial charge >= 0.3 is 0 Å². The predicted octanol–water partition coefficient (Wildman–Crippen LogP) is 5.93. The number of fused-ring (bicyclic) bond motifs is 1. The fourth-order valence-electron chi connectivity index (χ4n) is 2.85. The van der Waals surface area contributed by atoms with Crippen molar-refractivity contribution < 1.29 is 13.9 Å². The van der Waals surface area contributed by atoms with Gasteiger partial charge in [-0.05, 0) is 36.5 Å². The summed E-state index contributed by atoms with van der Waals surface area (Å²) in [6, 6.07) is 17.2. The van der Waals surface area contributed by atoms with Crippen LogP contribution in [0, 0.1) is 5.82 Å². The molecule has 0 aliphatic carbocycles. The fourth-order valence-corrected chi connectivity index (χ4v) is 3.25. The Bertz CT molecular complexity index is 1240. The van der Waals surface area contributed by atoms with Gasteiger partial charge in [-0.15, -0.1) is 0 Å². The minimum Gasteiger partial charge on any atom is -0.493 e. The highest BCUT2D eigenvalue weighted by Crippen LogP contribution is 2.35. The zero-order valence-corrected chi connectivity index (χ0v) is 17.3. The molecule has 0 unspecified atom stereocenters. The van der Waals surface area contributed by atoms with Crippen LogP contribution in [-0.2, 0) is 0 Å². The van der Waals surface area contributed by atoms with Crippen LogP contribution in [0.25, 0.3) is 10.9 Å². The predicted molar refractivity (Wildman–Crippen MR) is 120 cm³/mol. The monoisotopic (exact) mass is 439 g/mol. The molecule has 0 saturated heterocycles. The Morgan fingerprint density at radius 1 is 1.03 bits per heavy atom. The largest absolute Gasteiger partial charge is 0.493 e. The van der Waals surface area contributed by atoms with Crippen LogP contribution in [-0.4, -0.2) is 22.1 Å². The average Bonchev–Trinajstić information content (AvgIpc) is 2.77. The van der Waals surface area contributed by atoms with E-state index in [0.29, 0.717) is 39.0 Å². The topological polar surface area (TPSA) is 56.3 Å². The van der Waals surface area contributed by atoms with Crippen molar-refractivity contribution in [3.05, 3.63) is 83.4 Å². The fraction of sp³-hybridized carbons (Fsp3) is 0.0455. The van der Waals surface area contributed by atoms with Gasteiger partial charge in [-0.1, -0.05) is 41.9 Å². The lowest BCUT2D eigenvalue weighted by atomic mass is 10.2. The average molecular weight is 440 g/mol. The molecule has 0 fully saturated rings. The molecule has 0 atom stereocenters. The number of nitrogens with one attached hydrogen (secondary N) is 1. The van der Waals surface area contributed by atoms with Crippen LogP contribution >= 0.6 is 23.8 Å².